The van der Waals surface area contributed by atoms with Gasteiger partial charge < -0.3 is 24.7 Å². The predicted molar refractivity (Wildman–Crippen MR) is 106 cm³/mol. The van der Waals surface area contributed by atoms with E-state index >= 15 is 0 Å². The minimum absolute atomic E-state index is 0.145. The minimum Gasteiger partial charge on any atom is -0.488 e. The van der Waals surface area contributed by atoms with E-state index < -0.39 is 0 Å². The molecule has 0 amide bonds. The molecular weight excluding hydrogens is 342 g/mol. The number of imidazole rings is 1. The summed E-state index contributed by atoms with van der Waals surface area (Å²) in [7, 11) is 1.79. The van der Waals surface area contributed by atoms with Crippen molar-refractivity contribution < 1.29 is 9.47 Å². The van der Waals surface area contributed by atoms with E-state index in [4.69, 9.17) is 9.47 Å². The molecule has 1 aromatic carbocycles. The van der Waals surface area contributed by atoms with E-state index in [0.717, 1.165) is 49.8 Å². The topological polar surface area (TPSA) is 72.7 Å². The fourth-order valence-corrected chi connectivity index (χ4v) is 2.99. The highest BCUT2D eigenvalue weighted by Crippen LogP contribution is 2.23. The number of nitrogens with one attached hydrogen (secondary N) is 2. The van der Waals surface area contributed by atoms with Crippen LogP contribution < -0.4 is 15.4 Å². The maximum atomic E-state index is 6.16. The van der Waals surface area contributed by atoms with E-state index in [1.165, 1.54) is 5.56 Å². The number of aromatic nitrogens is 2. The van der Waals surface area contributed by atoms with Crippen LogP contribution in [0.15, 0.2) is 41.9 Å². The summed E-state index contributed by atoms with van der Waals surface area (Å²) >= 11 is 0. The predicted octanol–water partition coefficient (Wildman–Crippen LogP) is 2.11. The summed E-state index contributed by atoms with van der Waals surface area (Å²) < 4.78 is 13.7. The molecule has 2 aromatic rings. The zero-order valence-corrected chi connectivity index (χ0v) is 16.1. The van der Waals surface area contributed by atoms with Gasteiger partial charge in [0.1, 0.15) is 11.9 Å². The Hall–Kier alpha value is -2.54. The second kappa shape index (κ2) is 9.97. The minimum atomic E-state index is 0.145. The molecular formula is C20H29N5O2. The van der Waals surface area contributed by atoms with E-state index in [-0.39, 0.29) is 6.10 Å². The molecule has 2 N–H and O–H groups in total. The van der Waals surface area contributed by atoms with Gasteiger partial charge in [0.15, 0.2) is 5.96 Å². The molecule has 0 spiro atoms. The molecule has 1 saturated heterocycles. The summed E-state index contributed by atoms with van der Waals surface area (Å²) in [6.45, 7) is 5.96. The molecule has 1 unspecified atom stereocenters. The van der Waals surface area contributed by atoms with Crippen molar-refractivity contribution in [3.8, 4) is 5.75 Å². The van der Waals surface area contributed by atoms with Crippen LogP contribution in [0, 0.1) is 6.92 Å². The third-order valence-corrected chi connectivity index (χ3v) is 4.52. The van der Waals surface area contributed by atoms with Gasteiger partial charge in [-0.05, 0) is 25.0 Å². The van der Waals surface area contributed by atoms with Gasteiger partial charge in [0.2, 0.25) is 0 Å². The van der Waals surface area contributed by atoms with Crippen LogP contribution in [0.1, 0.15) is 24.0 Å². The van der Waals surface area contributed by atoms with Gasteiger partial charge in [-0.1, -0.05) is 12.1 Å². The molecule has 146 valence electrons. The first kappa shape index (κ1) is 19.2. The number of aryl methyl sites for hydroxylation is 2. The van der Waals surface area contributed by atoms with Gasteiger partial charge in [0.25, 0.3) is 0 Å². The molecule has 1 fully saturated rings. The number of aliphatic imine (C=N–C) groups is 1. The summed E-state index contributed by atoms with van der Waals surface area (Å²) in [6.07, 6.45) is 7.69. The van der Waals surface area contributed by atoms with E-state index in [1.54, 1.807) is 13.2 Å². The van der Waals surface area contributed by atoms with Gasteiger partial charge >= 0.3 is 0 Å². The lowest BCUT2D eigenvalue weighted by molar-refractivity contribution is 0.140. The molecule has 1 aromatic heterocycles. The van der Waals surface area contributed by atoms with Crippen LogP contribution in [0.25, 0.3) is 0 Å². The Kier molecular flexibility index (Phi) is 7.10. The lowest BCUT2D eigenvalue weighted by Gasteiger charge is -2.18. The third kappa shape index (κ3) is 5.99. The highest BCUT2D eigenvalue weighted by atomic mass is 16.5. The molecule has 2 heterocycles. The first-order valence-corrected chi connectivity index (χ1v) is 9.49. The molecule has 1 aliphatic heterocycles. The standard InChI is InChI=1S/C20H29N5O2/c1-16-4-5-17(19(12-16)27-18-6-11-26-14-18)13-24-20(21-2)23-7-3-9-25-10-8-22-15-25/h4-5,8,10,12,15,18H,3,6-7,9,11,13-14H2,1-2H3,(H2,21,23,24). The average Bonchev–Trinajstić information content (AvgIpc) is 3.36. The second-order valence-corrected chi connectivity index (χ2v) is 6.72. The Labute approximate surface area is 160 Å². The highest BCUT2D eigenvalue weighted by molar-refractivity contribution is 5.79. The van der Waals surface area contributed by atoms with Crippen molar-refractivity contribution >= 4 is 5.96 Å². The normalized spacial score (nSPS) is 17.1. The molecule has 0 radical (unpaired) electrons. The van der Waals surface area contributed by atoms with Crippen molar-refractivity contribution in [2.24, 2.45) is 4.99 Å². The number of hydrogen-bond donors (Lipinski definition) is 2. The number of guanidine groups is 1. The molecule has 1 atom stereocenters. The van der Waals surface area contributed by atoms with E-state index in [1.807, 2.05) is 12.5 Å². The van der Waals surface area contributed by atoms with Gasteiger partial charge in [0, 0.05) is 51.1 Å². The van der Waals surface area contributed by atoms with Crippen molar-refractivity contribution in [3.63, 3.8) is 0 Å². The van der Waals surface area contributed by atoms with Crippen molar-refractivity contribution in [1.29, 1.82) is 0 Å². The van der Waals surface area contributed by atoms with Gasteiger partial charge in [-0.2, -0.15) is 0 Å². The Bertz CT molecular complexity index is 724. The second-order valence-electron chi connectivity index (χ2n) is 6.72. The first-order chi connectivity index (χ1) is 13.2. The molecule has 0 bridgehead atoms. The van der Waals surface area contributed by atoms with Crippen LogP contribution in [0.4, 0.5) is 0 Å². The van der Waals surface area contributed by atoms with Crippen LogP contribution in [-0.4, -0.2) is 48.4 Å². The van der Waals surface area contributed by atoms with E-state index in [2.05, 4.69) is 50.3 Å². The van der Waals surface area contributed by atoms with Crippen molar-refractivity contribution in [2.45, 2.75) is 39.0 Å². The van der Waals surface area contributed by atoms with Crippen molar-refractivity contribution in [2.75, 3.05) is 26.8 Å². The fourth-order valence-electron chi connectivity index (χ4n) is 2.99. The lowest BCUT2D eigenvalue weighted by atomic mass is 10.1. The maximum Gasteiger partial charge on any atom is 0.191 e. The van der Waals surface area contributed by atoms with Crippen LogP contribution in [0.3, 0.4) is 0 Å². The van der Waals surface area contributed by atoms with Crippen molar-refractivity contribution in [3.05, 3.63) is 48.0 Å². The Morgan fingerprint density at radius 2 is 2.33 bits per heavy atom. The summed E-state index contributed by atoms with van der Waals surface area (Å²) in [5, 5.41) is 6.72. The van der Waals surface area contributed by atoms with Gasteiger partial charge in [-0.15, -0.1) is 0 Å². The molecule has 27 heavy (non-hydrogen) atoms. The summed E-state index contributed by atoms with van der Waals surface area (Å²) in [6, 6.07) is 6.31. The Balaban J connectivity index is 1.48. The third-order valence-electron chi connectivity index (χ3n) is 4.52. The van der Waals surface area contributed by atoms with Gasteiger partial charge in [0.05, 0.1) is 19.5 Å². The number of benzene rings is 1. The van der Waals surface area contributed by atoms with E-state index in [0.29, 0.717) is 13.2 Å². The summed E-state index contributed by atoms with van der Waals surface area (Å²) in [5.74, 6) is 1.71. The van der Waals surface area contributed by atoms with E-state index in [9.17, 15) is 0 Å². The summed E-state index contributed by atoms with van der Waals surface area (Å²) in [5.41, 5.74) is 2.31. The molecule has 7 heteroatoms. The van der Waals surface area contributed by atoms with Crippen LogP contribution in [0.2, 0.25) is 0 Å². The fraction of sp³-hybridized carbons (Fsp3) is 0.500. The largest absolute Gasteiger partial charge is 0.488 e. The SMILES string of the molecule is CN=C(NCCCn1ccnc1)NCc1ccc(C)cc1OC1CCOC1. The molecule has 0 saturated carbocycles. The Morgan fingerprint density at radius 1 is 1.41 bits per heavy atom. The number of hydrogen-bond acceptors (Lipinski definition) is 4. The smallest absolute Gasteiger partial charge is 0.191 e. The number of ether oxygens (including phenoxy) is 2. The number of rotatable bonds is 8. The van der Waals surface area contributed by atoms with Gasteiger partial charge in [-0.25, -0.2) is 4.98 Å². The monoisotopic (exact) mass is 371 g/mol. The molecule has 7 nitrogen and oxygen atoms in total. The molecule has 0 aliphatic carbocycles. The van der Waals surface area contributed by atoms with Crippen molar-refractivity contribution in [1.82, 2.24) is 20.2 Å². The van der Waals surface area contributed by atoms with Crippen LogP contribution in [-0.2, 0) is 17.8 Å². The zero-order valence-electron chi connectivity index (χ0n) is 16.1. The first-order valence-electron chi connectivity index (χ1n) is 9.49. The maximum absolute atomic E-state index is 6.16. The average molecular weight is 371 g/mol. The van der Waals surface area contributed by atoms with Crippen LogP contribution >= 0.6 is 0 Å². The number of nitrogens with zero attached hydrogens (tertiary/aromatic N) is 3. The lowest BCUT2D eigenvalue weighted by Crippen LogP contribution is -2.37. The highest BCUT2D eigenvalue weighted by Gasteiger charge is 2.18. The molecule has 1 aliphatic rings. The quantitative estimate of drug-likeness (QED) is 0.422. The molecule has 3 rings (SSSR count). The zero-order chi connectivity index (χ0) is 18.9. The summed E-state index contributed by atoms with van der Waals surface area (Å²) in [4.78, 5) is 8.36. The van der Waals surface area contributed by atoms with Crippen LogP contribution in [0.5, 0.6) is 5.75 Å². The van der Waals surface area contributed by atoms with Gasteiger partial charge in [-0.3, -0.25) is 4.99 Å². The Morgan fingerprint density at radius 3 is 3.07 bits per heavy atom.